The van der Waals surface area contributed by atoms with Gasteiger partial charge in [-0.15, -0.1) is 0 Å². The molecule has 3 heterocycles. The van der Waals surface area contributed by atoms with Crippen LogP contribution in [0.5, 0.6) is 0 Å². The van der Waals surface area contributed by atoms with Gasteiger partial charge in [0.15, 0.2) is 0 Å². The van der Waals surface area contributed by atoms with Crippen LogP contribution in [-0.4, -0.2) is 32.9 Å². The molecule has 0 bridgehead atoms. The van der Waals surface area contributed by atoms with Crippen molar-refractivity contribution in [1.82, 2.24) is 14.8 Å². The van der Waals surface area contributed by atoms with Crippen LogP contribution >= 0.6 is 11.6 Å². The van der Waals surface area contributed by atoms with E-state index < -0.39 is 5.54 Å². The van der Waals surface area contributed by atoms with Gasteiger partial charge < -0.3 is 19.2 Å². The van der Waals surface area contributed by atoms with Gasteiger partial charge in [-0.05, 0) is 61.7 Å². The van der Waals surface area contributed by atoms with Crippen molar-refractivity contribution >= 4 is 23.4 Å². The zero-order chi connectivity index (χ0) is 23.0. The smallest absolute Gasteiger partial charge is 0.271 e. The SMILES string of the molecule is C[C@]1(C(=O)NC2CCCCC2)Cn2c(ccc2-c2ccco2)C(=O)N1Cc1ccc(Cl)cc1. The Balaban J connectivity index is 1.52. The van der Waals surface area contributed by atoms with E-state index in [0.717, 1.165) is 36.9 Å². The average molecular weight is 466 g/mol. The van der Waals surface area contributed by atoms with Crippen LogP contribution in [0.4, 0.5) is 0 Å². The van der Waals surface area contributed by atoms with Crippen molar-refractivity contribution in [2.24, 2.45) is 0 Å². The van der Waals surface area contributed by atoms with Gasteiger partial charge in [0, 0.05) is 17.6 Å². The van der Waals surface area contributed by atoms with Gasteiger partial charge in [-0.25, -0.2) is 0 Å². The molecule has 1 aliphatic carbocycles. The van der Waals surface area contributed by atoms with Crippen LogP contribution in [0.25, 0.3) is 11.5 Å². The van der Waals surface area contributed by atoms with E-state index in [-0.39, 0.29) is 17.9 Å². The molecular weight excluding hydrogens is 438 g/mol. The molecule has 7 heteroatoms. The highest BCUT2D eigenvalue weighted by Crippen LogP contribution is 2.35. The maximum absolute atomic E-state index is 13.8. The number of furan rings is 1. The Morgan fingerprint density at radius 3 is 2.52 bits per heavy atom. The molecule has 1 aromatic carbocycles. The van der Waals surface area contributed by atoms with Crippen LogP contribution in [0, 0.1) is 0 Å². The van der Waals surface area contributed by atoms with E-state index in [1.807, 2.05) is 60.0 Å². The van der Waals surface area contributed by atoms with Crippen molar-refractivity contribution in [3.63, 3.8) is 0 Å². The molecule has 3 aromatic rings. The molecule has 1 atom stereocenters. The van der Waals surface area contributed by atoms with Crippen LogP contribution in [0.2, 0.25) is 5.02 Å². The number of carbonyl (C=O) groups excluding carboxylic acids is 2. The molecule has 2 aromatic heterocycles. The molecular formula is C26H28ClN3O3. The molecule has 1 saturated carbocycles. The standard InChI is InChI=1S/C26H28ClN3O3/c1-26(25(32)28-20-6-3-2-4-7-20)17-29-21(23-8-5-15-33-23)13-14-22(29)24(31)30(26)16-18-9-11-19(27)12-10-18/h5,8-15,20H,2-4,6-7,16-17H2,1H3,(H,28,32)/t26-/m1/s1. The summed E-state index contributed by atoms with van der Waals surface area (Å²) in [5.41, 5.74) is 1.22. The first-order chi connectivity index (χ1) is 16.0. The second kappa shape index (κ2) is 8.75. The third-order valence-corrected chi connectivity index (χ3v) is 7.22. The number of carbonyl (C=O) groups is 2. The largest absolute Gasteiger partial charge is 0.463 e. The van der Waals surface area contributed by atoms with Crippen LogP contribution < -0.4 is 5.32 Å². The van der Waals surface area contributed by atoms with E-state index >= 15 is 0 Å². The second-order valence-corrected chi connectivity index (χ2v) is 9.70. The number of nitrogens with zero attached hydrogens (tertiary/aromatic N) is 2. The van der Waals surface area contributed by atoms with Crippen LogP contribution in [0.1, 0.15) is 55.1 Å². The van der Waals surface area contributed by atoms with Gasteiger partial charge in [0.2, 0.25) is 5.91 Å². The summed E-state index contributed by atoms with van der Waals surface area (Å²) in [4.78, 5) is 29.2. The molecule has 33 heavy (non-hydrogen) atoms. The monoisotopic (exact) mass is 465 g/mol. The first-order valence-electron chi connectivity index (χ1n) is 11.6. The lowest BCUT2D eigenvalue weighted by molar-refractivity contribution is -0.134. The fourth-order valence-corrected chi connectivity index (χ4v) is 5.15. The molecule has 0 spiro atoms. The molecule has 172 valence electrons. The highest BCUT2D eigenvalue weighted by atomic mass is 35.5. The van der Waals surface area contributed by atoms with E-state index in [0.29, 0.717) is 29.6 Å². The second-order valence-electron chi connectivity index (χ2n) is 9.27. The van der Waals surface area contributed by atoms with Gasteiger partial charge in [-0.3, -0.25) is 9.59 Å². The lowest BCUT2D eigenvalue weighted by Gasteiger charge is -2.45. The predicted molar refractivity (Wildman–Crippen MR) is 127 cm³/mol. The van der Waals surface area contributed by atoms with Crippen LogP contribution in [-0.2, 0) is 17.9 Å². The van der Waals surface area contributed by atoms with Gasteiger partial charge in [-0.2, -0.15) is 0 Å². The number of nitrogens with one attached hydrogen (secondary N) is 1. The summed E-state index contributed by atoms with van der Waals surface area (Å²) in [6.07, 6.45) is 7.05. The van der Waals surface area contributed by atoms with E-state index in [1.54, 1.807) is 11.2 Å². The minimum Gasteiger partial charge on any atom is -0.463 e. The van der Waals surface area contributed by atoms with Gasteiger partial charge >= 0.3 is 0 Å². The van der Waals surface area contributed by atoms with Crippen molar-refractivity contribution in [3.8, 4) is 11.5 Å². The zero-order valence-electron chi connectivity index (χ0n) is 18.7. The molecule has 2 amide bonds. The average Bonchev–Trinajstić information content (AvgIpc) is 3.48. The zero-order valence-corrected chi connectivity index (χ0v) is 19.5. The minimum absolute atomic E-state index is 0.110. The Labute approximate surface area is 198 Å². The molecule has 2 aliphatic rings. The number of hydrogen-bond acceptors (Lipinski definition) is 3. The van der Waals surface area contributed by atoms with E-state index in [4.69, 9.17) is 16.0 Å². The lowest BCUT2D eigenvalue weighted by atomic mass is 9.91. The number of fused-ring (bicyclic) bond motifs is 1. The number of rotatable bonds is 5. The lowest BCUT2D eigenvalue weighted by Crippen LogP contribution is -2.64. The normalized spacial score (nSPS) is 21.2. The molecule has 1 aliphatic heterocycles. The van der Waals surface area contributed by atoms with Crippen molar-refractivity contribution in [1.29, 1.82) is 0 Å². The van der Waals surface area contributed by atoms with Gasteiger partial charge in [0.05, 0.1) is 18.5 Å². The predicted octanol–water partition coefficient (Wildman–Crippen LogP) is 5.27. The van der Waals surface area contributed by atoms with Crippen LogP contribution in [0.15, 0.2) is 59.2 Å². The molecule has 0 saturated heterocycles. The van der Waals surface area contributed by atoms with Gasteiger partial charge in [0.25, 0.3) is 5.91 Å². The minimum atomic E-state index is -1.05. The topological polar surface area (TPSA) is 67.5 Å². The third-order valence-electron chi connectivity index (χ3n) is 6.96. The van der Waals surface area contributed by atoms with E-state index in [1.165, 1.54) is 6.42 Å². The summed E-state index contributed by atoms with van der Waals surface area (Å²) in [7, 11) is 0. The first kappa shape index (κ1) is 21.8. The van der Waals surface area contributed by atoms with Gasteiger partial charge in [-0.1, -0.05) is 43.0 Å². The summed E-state index contributed by atoms with van der Waals surface area (Å²) >= 11 is 6.06. The maximum Gasteiger partial charge on any atom is 0.271 e. The molecule has 1 fully saturated rings. The molecule has 1 N–H and O–H groups in total. The Kier molecular flexibility index (Phi) is 5.79. The van der Waals surface area contributed by atoms with Crippen molar-refractivity contribution in [2.75, 3.05) is 0 Å². The number of halogens is 1. The molecule has 5 rings (SSSR count). The summed E-state index contributed by atoms with van der Waals surface area (Å²) in [5, 5.41) is 3.90. The first-order valence-corrected chi connectivity index (χ1v) is 11.9. The summed E-state index contributed by atoms with van der Waals surface area (Å²) in [6, 6.07) is 15.0. The molecule has 6 nitrogen and oxygen atoms in total. The summed E-state index contributed by atoms with van der Waals surface area (Å²) < 4.78 is 7.52. The van der Waals surface area contributed by atoms with Crippen molar-refractivity contribution < 1.29 is 14.0 Å². The molecule has 0 unspecified atom stereocenters. The Hall–Kier alpha value is -2.99. The summed E-state index contributed by atoms with van der Waals surface area (Å²) in [5.74, 6) is 0.395. The van der Waals surface area contributed by atoms with Crippen molar-refractivity contribution in [3.05, 3.63) is 71.1 Å². The van der Waals surface area contributed by atoms with Crippen LogP contribution in [0.3, 0.4) is 0 Å². The quantitative estimate of drug-likeness (QED) is 0.558. The fourth-order valence-electron chi connectivity index (χ4n) is 5.02. The number of benzene rings is 1. The number of aromatic nitrogens is 1. The highest BCUT2D eigenvalue weighted by Gasteiger charge is 2.48. The fraction of sp³-hybridized carbons (Fsp3) is 0.385. The highest BCUT2D eigenvalue weighted by molar-refractivity contribution is 6.30. The van der Waals surface area contributed by atoms with E-state index in [9.17, 15) is 9.59 Å². The Morgan fingerprint density at radius 1 is 1.09 bits per heavy atom. The number of hydrogen-bond donors (Lipinski definition) is 1. The van der Waals surface area contributed by atoms with E-state index in [2.05, 4.69) is 5.32 Å². The van der Waals surface area contributed by atoms with Crippen molar-refractivity contribution in [2.45, 2.75) is 63.7 Å². The Morgan fingerprint density at radius 2 is 1.82 bits per heavy atom. The maximum atomic E-state index is 13.8. The van der Waals surface area contributed by atoms with Gasteiger partial charge in [0.1, 0.15) is 17.0 Å². The molecule has 0 radical (unpaired) electrons. The number of amides is 2. The third kappa shape index (κ3) is 4.08. The Bertz CT molecular complexity index is 1150. The summed E-state index contributed by atoms with van der Waals surface area (Å²) in [6.45, 7) is 2.54.